The van der Waals surface area contributed by atoms with Crippen molar-refractivity contribution in [1.29, 1.82) is 5.26 Å². The number of fused-ring (bicyclic) bond motifs is 1. The lowest BCUT2D eigenvalue weighted by Crippen LogP contribution is -1.78. The molecule has 3 aromatic rings. The molecule has 3 rings (SSSR count). The summed E-state index contributed by atoms with van der Waals surface area (Å²) >= 11 is 9.13. The van der Waals surface area contributed by atoms with Gasteiger partial charge >= 0.3 is 0 Å². The summed E-state index contributed by atoms with van der Waals surface area (Å²) in [5.41, 5.74) is 1.42. The zero-order valence-electron chi connectivity index (χ0n) is 10.6. The molecule has 0 atom stereocenters. The maximum absolute atomic E-state index is 9.35. The molecule has 2 aromatic heterocycles. The third-order valence-electron chi connectivity index (χ3n) is 2.75. The summed E-state index contributed by atoms with van der Waals surface area (Å²) in [5, 5.41) is 10.7. The number of aryl methyl sites for hydroxylation is 1. The number of nitriles is 1. The molecule has 0 saturated heterocycles. The number of benzene rings is 1. The van der Waals surface area contributed by atoms with Crippen LogP contribution in [0.25, 0.3) is 21.9 Å². The second-order valence-corrected chi connectivity index (χ2v) is 7.04. The molecule has 1 aromatic carbocycles. The van der Waals surface area contributed by atoms with Crippen molar-refractivity contribution in [3.05, 3.63) is 50.1 Å². The predicted molar refractivity (Wildman–Crippen MR) is 87.2 cm³/mol. The van der Waals surface area contributed by atoms with E-state index in [1.54, 1.807) is 11.3 Å². The SMILES string of the molecule is Cc1ccc(C=C(C#N)c2nc3cc(Cl)ccc3s2)s1. The van der Waals surface area contributed by atoms with Crippen LogP contribution in [0.4, 0.5) is 0 Å². The van der Waals surface area contributed by atoms with Gasteiger partial charge in [0, 0.05) is 14.8 Å². The molecule has 2 heterocycles. The summed E-state index contributed by atoms with van der Waals surface area (Å²) in [6.07, 6.45) is 1.89. The zero-order chi connectivity index (χ0) is 14.1. The first-order chi connectivity index (χ1) is 9.65. The topological polar surface area (TPSA) is 36.7 Å². The summed E-state index contributed by atoms with van der Waals surface area (Å²) in [5.74, 6) is 0. The third kappa shape index (κ3) is 2.61. The van der Waals surface area contributed by atoms with Gasteiger partial charge in [0.2, 0.25) is 0 Å². The van der Waals surface area contributed by atoms with E-state index in [2.05, 4.69) is 11.1 Å². The Balaban J connectivity index is 2.07. The van der Waals surface area contributed by atoms with Crippen LogP contribution in [0, 0.1) is 18.3 Å². The molecule has 0 bridgehead atoms. The Bertz CT molecular complexity index is 852. The number of aromatic nitrogens is 1. The van der Waals surface area contributed by atoms with Gasteiger partial charge in [-0.05, 0) is 43.3 Å². The number of thiophene rings is 1. The smallest absolute Gasteiger partial charge is 0.135 e. The zero-order valence-corrected chi connectivity index (χ0v) is 12.9. The summed E-state index contributed by atoms with van der Waals surface area (Å²) in [6.45, 7) is 2.05. The van der Waals surface area contributed by atoms with Gasteiger partial charge < -0.3 is 0 Å². The Morgan fingerprint density at radius 2 is 2.15 bits per heavy atom. The van der Waals surface area contributed by atoms with E-state index in [0.29, 0.717) is 10.6 Å². The average molecular weight is 317 g/mol. The molecule has 0 unspecified atom stereocenters. The van der Waals surface area contributed by atoms with Crippen LogP contribution in [0.2, 0.25) is 5.02 Å². The molecule has 20 heavy (non-hydrogen) atoms. The van der Waals surface area contributed by atoms with Gasteiger partial charge in [0.15, 0.2) is 0 Å². The number of thiazole rings is 1. The molecule has 0 amide bonds. The molecule has 98 valence electrons. The van der Waals surface area contributed by atoms with Crippen LogP contribution >= 0.6 is 34.3 Å². The van der Waals surface area contributed by atoms with Gasteiger partial charge in [0.1, 0.15) is 11.1 Å². The predicted octanol–water partition coefficient (Wildman–Crippen LogP) is 5.38. The quantitative estimate of drug-likeness (QED) is 0.595. The lowest BCUT2D eigenvalue weighted by molar-refractivity contribution is 1.44. The number of rotatable bonds is 2. The fraction of sp³-hybridized carbons (Fsp3) is 0.0667. The van der Waals surface area contributed by atoms with Crippen LogP contribution in [-0.2, 0) is 0 Å². The van der Waals surface area contributed by atoms with E-state index in [-0.39, 0.29) is 0 Å². The summed E-state index contributed by atoms with van der Waals surface area (Å²) in [7, 11) is 0. The monoisotopic (exact) mass is 316 g/mol. The van der Waals surface area contributed by atoms with E-state index < -0.39 is 0 Å². The van der Waals surface area contributed by atoms with Gasteiger partial charge in [0.05, 0.1) is 15.8 Å². The minimum Gasteiger partial charge on any atom is -0.235 e. The molecule has 0 saturated carbocycles. The van der Waals surface area contributed by atoms with E-state index in [1.165, 1.54) is 16.2 Å². The molecule has 5 heteroatoms. The summed E-state index contributed by atoms with van der Waals surface area (Å²) < 4.78 is 1.04. The number of nitrogens with zero attached hydrogens (tertiary/aromatic N) is 2. The van der Waals surface area contributed by atoms with Crippen molar-refractivity contribution in [3.63, 3.8) is 0 Å². The van der Waals surface area contributed by atoms with Crippen molar-refractivity contribution >= 4 is 56.1 Å². The van der Waals surface area contributed by atoms with Crippen LogP contribution in [0.15, 0.2) is 30.3 Å². The maximum Gasteiger partial charge on any atom is 0.135 e. The molecule has 2 nitrogen and oxygen atoms in total. The van der Waals surface area contributed by atoms with Gasteiger partial charge in [-0.25, -0.2) is 4.98 Å². The van der Waals surface area contributed by atoms with Crippen molar-refractivity contribution in [2.45, 2.75) is 6.92 Å². The standard InChI is InChI=1S/C15H9ClN2S2/c1-9-2-4-12(19-9)6-10(8-17)15-18-13-7-11(16)3-5-14(13)20-15/h2-7H,1H3. The van der Waals surface area contributed by atoms with Crippen molar-refractivity contribution in [1.82, 2.24) is 4.98 Å². The highest BCUT2D eigenvalue weighted by molar-refractivity contribution is 7.19. The highest BCUT2D eigenvalue weighted by atomic mass is 35.5. The van der Waals surface area contributed by atoms with Crippen molar-refractivity contribution in [2.24, 2.45) is 0 Å². The Kier molecular flexibility index (Phi) is 3.58. The molecular weight excluding hydrogens is 308 g/mol. The lowest BCUT2D eigenvalue weighted by Gasteiger charge is -1.90. The third-order valence-corrected chi connectivity index (χ3v) is 5.00. The van der Waals surface area contributed by atoms with Gasteiger partial charge in [0.25, 0.3) is 0 Å². The first kappa shape index (κ1) is 13.3. The summed E-state index contributed by atoms with van der Waals surface area (Å²) in [6, 6.07) is 11.9. The highest BCUT2D eigenvalue weighted by Crippen LogP contribution is 2.30. The van der Waals surface area contributed by atoms with Crippen LogP contribution in [-0.4, -0.2) is 4.98 Å². The highest BCUT2D eigenvalue weighted by Gasteiger charge is 2.09. The van der Waals surface area contributed by atoms with Crippen LogP contribution < -0.4 is 0 Å². The van der Waals surface area contributed by atoms with E-state index in [4.69, 9.17) is 11.6 Å². The van der Waals surface area contributed by atoms with Gasteiger partial charge in [-0.15, -0.1) is 22.7 Å². The van der Waals surface area contributed by atoms with Gasteiger partial charge in [-0.2, -0.15) is 5.26 Å². The first-order valence-corrected chi connectivity index (χ1v) is 7.91. The molecular formula is C15H9ClN2S2. The Morgan fingerprint density at radius 1 is 1.30 bits per heavy atom. The van der Waals surface area contributed by atoms with E-state index >= 15 is 0 Å². The maximum atomic E-state index is 9.35. The fourth-order valence-corrected chi connectivity index (χ4v) is 3.73. The number of hydrogen-bond acceptors (Lipinski definition) is 4. The van der Waals surface area contributed by atoms with E-state index in [9.17, 15) is 5.26 Å². The molecule has 0 aliphatic rings. The Hall–Kier alpha value is -1.67. The van der Waals surface area contributed by atoms with Crippen LogP contribution in [0.5, 0.6) is 0 Å². The summed E-state index contributed by atoms with van der Waals surface area (Å²) in [4.78, 5) is 6.79. The fourth-order valence-electron chi connectivity index (χ4n) is 1.83. The number of halogens is 1. The van der Waals surface area contributed by atoms with Crippen molar-refractivity contribution < 1.29 is 0 Å². The molecule has 0 aliphatic carbocycles. The largest absolute Gasteiger partial charge is 0.235 e. The van der Waals surface area contributed by atoms with Crippen molar-refractivity contribution in [3.8, 4) is 6.07 Å². The minimum absolute atomic E-state index is 0.587. The lowest BCUT2D eigenvalue weighted by atomic mass is 10.2. The Labute approximate surface area is 129 Å². The Morgan fingerprint density at radius 3 is 2.85 bits per heavy atom. The van der Waals surface area contributed by atoms with Gasteiger partial charge in [-0.1, -0.05) is 11.6 Å². The van der Waals surface area contributed by atoms with Crippen LogP contribution in [0.3, 0.4) is 0 Å². The molecule has 0 N–H and O–H groups in total. The normalized spacial score (nSPS) is 11.8. The van der Waals surface area contributed by atoms with Crippen LogP contribution in [0.1, 0.15) is 14.8 Å². The van der Waals surface area contributed by atoms with E-state index in [0.717, 1.165) is 20.1 Å². The number of allylic oxidation sites excluding steroid dienone is 1. The molecule has 0 fully saturated rings. The second kappa shape index (κ2) is 5.37. The van der Waals surface area contributed by atoms with Crippen molar-refractivity contribution in [2.75, 3.05) is 0 Å². The number of hydrogen-bond donors (Lipinski definition) is 0. The van der Waals surface area contributed by atoms with E-state index in [1.807, 2.05) is 43.3 Å². The van der Waals surface area contributed by atoms with Gasteiger partial charge in [-0.3, -0.25) is 0 Å². The first-order valence-electron chi connectivity index (χ1n) is 5.90. The minimum atomic E-state index is 0.587. The molecule has 0 radical (unpaired) electrons. The molecule has 0 aliphatic heterocycles. The second-order valence-electron chi connectivity index (χ2n) is 4.25. The molecule has 0 spiro atoms. The average Bonchev–Trinajstić information content (AvgIpc) is 3.01.